The molecule has 1 N–H and O–H groups in total. The zero-order chi connectivity index (χ0) is 14.6. The van der Waals surface area contributed by atoms with E-state index in [1.165, 1.54) is 17.0 Å². The molecular weight excluding hydrogens is 325 g/mol. The number of urea groups is 1. The van der Waals surface area contributed by atoms with Crippen LogP contribution in [0.2, 0.25) is 0 Å². The summed E-state index contributed by atoms with van der Waals surface area (Å²) in [7, 11) is 0. The smallest absolute Gasteiger partial charge is 0.325 e. The Hall–Kier alpha value is -1.24. The van der Waals surface area contributed by atoms with Crippen LogP contribution >= 0.6 is 15.9 Å². The average Bonchev–Trinajstić information content (AvgIpc) is 2.31. The number of hydrogen-bond acceptors (Lipinski definition) is 1. The van der Waals surface area contributed by atoms with E-state index in [1.807, 2.05) is 0 Å². The van der Waals surface area contributed by atoms with Gasteiger partial charge in [-0.2, -0.15) is 13.2 Å². The monoisotopic (exact) mass is 338 g/mol. The van der Waals surface area contributed by atoms with Crippen LogP contribution in [0.15, 0.2) is 22.7 Å². The fourth-order valence-electron chi connectivity index (χ4n) is 1.53. The molecule has 2 amide bonds. The summed E-state index contributed by atoms with van der Waals surface area (Å²) in [5, 5.41) is 2.45. The van der Waals surface area contributed by atoms with Gasteiger partial charge in [-0.05, 0) is 32.0 Å². The third-order valence-corrected chi connectivity index (χ3v) is 3.27. The number of rotatable bonds is 3. The maximum Gasteiger partial charge on any atom is 0.417 e. The first-order valence-corrected chi connectivity index (χ1v) is 6.51. The summed E-state index contributed by atoms with van der Waals surface area (Å²) in [4.78, 5) is 13.2. The Morgan fingerprint density at radius 1 is 1.32 bits per heavy atom. The summed E-state index contributed by atoms with van der Waals surface area (Å²) >= 11 is 2.85. The van der Waals surface area contributed by atoms with Crippen LogP contribution in [0.3, 0.4) is 0 Å². The lowest BCUT2D eigenvalue weighted by Gasteiger charge is -2.20. The zero-order valence-electron chi connectivity index (χ0n) is 10.5. The van der Waals surface area contributed by atoms with Gasteiger partial charge in [0.05, 0.1) is 5.56 Å². The number of carbonyl (C=O) groups excluding carboxylic acids is 1. The van der Waals surface area contributed by atoms with Gasteiger partial charge in [0, 0.05) is 23.2 Å². The minimum Gasteiger partial charge on any atom is -0.325 e. The fourth-order valence-corrected chi connectivity index (χ4v) is 2.01. The Morgan fingerprint density at radius 2 is 1.89 bits per heavy atom. The number of alkyl halides is 3. The predicted octanol–water partition coefficient (Wildman–Crippen LogP) is 4.34. The first-order valence-electron chi connectivity index (χ1n) is 5.72. The molecule has 0 unspecified atom stereocenters. The Balaban J connectivity index is 2.95. The van der Waals surface area contributed by atoms with Crippen LogP contribution in [0, 0.1) is 0 Å². The quantitative estimate of drug-likeness (QED) is 0.873. The number of halogens is 4. The standard InChI is InChI=1S/C12H14BrF3N2O/c1-3-18(4-2)11(19)17-8-5-6-10(13)9(7-8)12(14,15)16/h5-7H,3-4H2,1-2H3,(H,17,19). The highest BCUT2D eigenvalue weighted by Gasteiger charge is 2.33. The van der Waals surface area contributed by atoms with Crippen LogP contribution in [0.25, 0.3) is 0 Å². The van der Waals surface area contributed by atoms with E-state index < -0.39 is 17.8 Å². The van der Waals surface area contributed by atoms with Crippen molar-refractivity contribution in [2.75, 3.05) is 18.4 Å². The summed E-state index contributed by atoms with van der Waals surface area (Å²) in [6.07, 6.45) is -4.46. The topological polar surface area (TPSA) is 32.3 Å². The van der Waals surface area contributed by atoms with Gasteiger partial charge >= 0.3 is 12.2 Å². The molecule has 0 radical (unpaired) electrons. The van der Waals surface area contributed by atoms with E-state index in [0.29, 0.717) is 13.1 Å². The fraction of sp³-hybridized carbons (Fsp3) is 0.417. The van der Waals surface area contributed by atoms with Gasteiger partial charge in [-0.3, -0.25) is 0 Å². The molecule has 0 aliphatic rings. The van der Waals surface area contributed by atoms with Crippen molar-refractivity contribution < 1.29 is 18.0 Å². The summed E-state index contributed by atoms with van der Waals surface area (Å²) < 4.78 is 38.1. The number of nitrogens with one attached hydrogen (secondary N) is 1. The molecule has 0 bridgehead atoms. The van der Waals surface area contributed by atoms with Crippen molar-refractivity contribution in [3.63, 3.8) is 0 Å². The molecule has 0 heterocycles. The van der Waals surface area contributed by atoms with E-state index in [2.05, 4.69) is 21.2 Å². The van der Waals surface area contributed by atoms with Crippen molar-refractivity contribution in [1.29, 1.82) is 0 Å². The number of anilines is 1. The van der Waals surface area contributed by atoms with Crippen molar-refractivity contribution in [3.05, 3.63) is 28.2 Å². The van der Waals surface area contributed by atoms with Crippen LogP contribution in [0.4, 0.5) is 23.7 Å². The minimum absolute atomic E-state index is 0.0548. The number of carbonyl (C=O) groups is 1. The van der Waals surface area contributed by atoms with Crippen LogP contribution in [-0.2, 0) is 6.18 Å². The summed E-state index contributed by atoms with van der Waals surface area (Å²) in [5.74, 6) is 0. The second kappa shape index (κ2) is 6.27. The number of benzene rings is 1. The van der Waals surface area contributed by atoms with Crippen molar-refractivity contribution in [2.45, 2.75) is 20.0 Å². The number of hydrogen-bond donors (Lipinski definition) is 1. The highest BCUT2D eigenvalue weighted by atomic mass is 79.9. The summed E-state index contributed by atoms with van der Waals surface area (Å²) in [5.41, 5.74) is -0.697. The summed E-state index contributed by atoms with van der Waals surface area (Å²) in [6, 6.07) is 3.17. The van der Waals surface area contributed by atoms with Gasteiger partial charge in [-0.25, -0.2) is 4.79 Å². The van der Waals surface area contributed by atoms with Crippen molar-refractivity contribution in [1.82, 2.24) is 4.90 Å². The Kier molecular flexibility index (Phi) is 5.22. The molecule has 1 aromatic carbocycles. The van der Waals surface area contributed by atoms with Crippen molar-refractivity contribution >= 4 is 27.6 Å². The molecule has 0 spiro atoms. The molecule has 0 saturated heterocycles. The predicted molar refractivity (Wildman–Crippen MR) is 71.1 cm³/mol. The molecule has 0 fully saturated rings. The Morgan fingerprint density at radius 3 is 2.37 bits per heavy atom. The lowest BCUT2D eigenvalue weighted by atomic mass is 10.2. The molecule has 0 saturated carbocycles. The van der Waals surface area contributed by atoms with Crippen molar-refractivity contribution in [2.24, 2.45) is 0 Å². The Labute approximate surface area is 117 Å². The number of nitrogens with zero attached hydrogens (tertiary/aromatic N) is 1. The van der Waals surface area contributed by atoms with Gasteiger partial charge in [0.15, 0.2) is 0 Å². The molecule has 19 heavy (non-hydrogen) atoms. The van der Waals surface area contributed by atoms with Gasteiger partial charge in [-0.1, -0.05) is 15.9 Å². The maximum atomic E-state index is 12.7. The van der Waals surface area contributed by atoms with E-state index >= 15 is 0 Å². The lowest BCUT2D eigenvalue weighted by molar-refractivity contribution is -0.138. The largest absolute Gasteiger partial charge is 0.417 e. The second-order valence-electron chi connectivity index (χ2n) is 3.79. The van der Waals surface area contributed by atoms with Gasteiger partial charge in [0.25, 0.3) is 0 Å². The molecule has 0 aromatic heterocycles. The third kappa shape index (κ3) is 4.12. The molecule has 0 aliphatic heterocycles. The van der Waals surface area contributed by atoms with Crippen molar-refractivity contribution in [3.8, 4) is 0 Å². The zero-order valence-corrected chi connectivity index (χ0v) is 12.1. The van der Waals surface area contributed by atoms with Crippen LogP contribution in [-0.4, -0.2) is 24.0 Å². The lowest BCUT2D eigenvalue weighted by Crippen LogP contribution is -2.34. The highest BCUT2D eigenvalue weighted by molar-refractivity contribution is 9.10. The number of amides is 2. The molecule has 3 nitrogen and oxygen atoms in total. The molecular formula is C12H14BrF3N2O. The SMILES string of the molecule is CCN(CC)C(=O)Nc1ccc(Br)c(C(F)(F)F)c1. The molecule has 1 rings (SSSR count). The highest BCUT2D eigenvalue weighted by Crippen LogP contribution is 2.36. The first kappa shape index (κ1) is 15.8. The van der Waals surface area contributed by atoms with E-state index in [0.717, 1.165) is 6.07 Å². The minimum atomic E-state index is -4.46. The second-order valence-corrected chi connectivity index (χ2v) is 4.65. The average molecular weight is 339 g/mol. The normalized spacial score (nSPS) is 11.3. The Bertz CT molecular complexity index is 459. The van der Waals surface area contributed by atoms with Gasteiger partial charge < -0.3 is 10.2 Å². The maximum absolute atomic E-state index is 12.7. The van der Waals surface area contributed by atoms with E-state index in [4.69, 9.17) is 0 Å². The first-order chi connectivity index (χ1) is 8.79. The van der Waals surface area contributed by atoms with Gasteiger partial charge in [-0.15, -0.1) is 0 Å². The van der Waals surface area contributed by atoms with Crippen LogP contribution < -0.4 is 5.32 Å². The van der Waals surface area contributed by atoms with Crippen LogP contribution in [0.5, 0.6) is 0 Å². The molecule has 0 atom stereocenters. The molecule has 0 aliphatic carbocycles. The molecule has 106 valence electrons. The van der Waals surface area contributed by atoms with E-state index in [1.54, 1.807) is 13.8 Å². The summed E-state index contributed by atoms with van der Waals surface area (Å²) in [6.45, 7) is 4.58. The van der Waals surface area contributed by atoms with E-state index in [9.17, 15) is 18.0 Å². The molecule has 1 aromatic rings. The third-order valence-electron chi connectivity index (χ3n) is 2.57. The van der Waals surface area contributed by atoms with Gasteiger partial charge in [0.1, 0.15) is 0 Å². The van der Waals surface area contributed by atoms with E-state index in [-0.39, 0.29) is 10.2 Å². The van der Waals surface area contributed by atoms with Gasteiger partial charge in [0.2, 0.25) is 0 Å². The van der Waals surface area contributed by atoms with Crippen LogP contribution in [0.1, 0.15) is 19.4 Å². The molecule has 7 heteroatoms.